The van der Waals surface area contributed by atoms with Crippen molar-refractivity contribution in [3.63, 3.8) is 0 Å². The second kappa shape index (κ2) is 5.19. The maximum absolute atomic E-state index is 4.54. The predicted octanol–water partition coefficient (Wildman–Crippen LogP) is 2.10. The molecule has 1 saturated carbocycles. The fourth-order valence-electron chi connectivity index (χ4n) is 2.23. The largest absolute Gasteiger partial charge is 0.329 e. The molecule has 1 fully saturated rings. The van der Waals surface area contributed by atoms with E-state index in [1.54, 1.807) is 0 Å². The maximum Gasteiger partial charge on any atom is 0.112 e. The van der Waals surface area contributed by atoms with E-state index in [2.05, 4.69) is 14.9 Å². The van der Waals surface area contributed by atoms with Gasteiger partial charge in [-0.3, -0.25) is 0 Å². The van der Waals surface area contributed by atoms with E-state index in [-0.39, 0.29) is 24.8 Å². The fraction of sp³-hybridized carbons (Fsp3) is 0.700. The van der Waals surface area contributed by atoms with Crippen molar-refractivity contribution in [2.24, 2.45) is 0 Å². The van der Waals surface area contributed by atoms with E-state index >= 15 is 0 Å². The van der Waals surface area contributed by atoms with Gasteiger partial charge in [0.05, 0.1) is 5.69 Å². The molecule has 0 bridgehead atoms. The minimum absolute atomic E-state index is 0. The van der Waals surface area contributed by atoms with Crippen LogP contribution in [0.5, 0.6) is 0 Å². The van der Waals surface area contributed by atoms with Crippen LogP contribution >= 0.6 is 24.8 Å². The number of halogens is 2. The molecule has 1 aromatic rings. The highest BCUT2D eigenvalue weighted by Crippen LogP contribution is 2.36. The summed E-state index contributed by atoms with van der Waals surface area (Å²) in [5.41, 5.74) is 1.37. The summed E-state index contributed by atoms with van der Waals surface area (Å²) in [6.45, 7) is 3.21. The summed E-state index contributed by atoms with van der Waals surface area (Å²) in [4.78, 5) is 4.54. The van der Waals surface area contributed by atoms with Crippen LogP contribution in [0.3, 0.4) is 0 Å². The molecule has 1 aliphatic carbocycles. The average Bonchev–Trinajstić information content (AvgIpc) is 2.47. The van der Waals surface area contributed by atoms with Crippen molar-refractivity contribution >= 4 is 24.8 Å². The average molecular weight is 250 g/mol. The van der Waals surface area contributed by atoms with Crippen LogP contribution in [0.25, 0.3) is 0 Å². The highest BCUT2D eigenvalue weighted by molar-refractivity contribution is 5.85. The van der Waals surface area contributed by atoms with E-state index < -0.39 is 0 Å². The number of hydrogen-bond donors (Lipinski definition) is 1. The molecule has 0 unspecified atom stereocenters. The van der Waals surface area contributed by atoms with E-state index in [0.717, 1.165) is 25.6 Å². The van der Waals surface area contributed by atoms with Crippen LogP contribution in [0, 0.1) is 0 Å². The molecule has 0 saturated heterocycles. The first-order valence-electron chi connectivity index (χ1n) is 5.20. The van der Waals surface area contributed by atoms with E-state index in [1.807, 2.05) is 6.20 Å². The van der Waals surface area contributed by atoms with Gasteiger partial charge >= 0.3 is 0 Å². The molecule has 15 heavy (non-hydrogen) atoms. The lowest BCUT2D eigenvalue weighted by Crippen LogP contribution is -2.29. The molecular weight excluding hydrogens is 233 g/mol. The Morgan fingerprint density at radius 1 is 1.33 bits per heavy atom. The highest BCUT2D eigenvalue weighted by Gasteiger charge is 2.25. The molecule has 86 valence electrons. The van der Waals surface area contributed by atoms with E-state index in [1.165, 1.54) is 30.8 Å². The number of rotatable bonds is 1. The van der Waals surface area contributed by atoms with Crippen LogP contribution in [-0.2, 0) is 13.1 Å². The summed E-state index contributed by atoms with van der Waals surface area (Å²) in [7, 11) is 0. The van der Waals surface area contributed by atoms with E-state index in [0.29, 0.717) is 0 Å². The topological polar surface area (TPSA) is 29.9 Å². The lowest BCUT2D eigenvalue weighted by Gasteiger charge is -2.27. The Kier molecular flexibility index (Phi) is 4.44. The predicted molar refractivity (Wildman–Crippen MR) is 65.0 cm³/mol. The third-order valence-electron chi connectivity index (χ3n) is 3.26. The first kappa shape index (κ1) is 12.8. The third kappa shape index (κ3) is 2.14. The summed E-state index contributed by atoms with van der Waals surface area (Å²) in [6.07, 6.45) is 6.14. The Labute approximate surface area is 102 Å². The van der Waals surface area contributed by atoms with Gasteiger partial charge in [-0.05, 0) is 12.8 Å². The van der Waals surface area contributed by atoms with Crippen LogP contribution in [-0.4, -0.2) is 16.1 Å². The Morgan fingerprint density at radius 2 is 2.13 bits per heavy atom. The number of nitrogens with one attached hydrogen (secondary N) is 1. The van der Waals surface area contributed by atoms with Crippen LogP contribution in [0.4, 0.5) is 0 Å². The summed E-state index contributed by atoms with van der Waals surface area (Å²) in [5.74, 6) is 2.12. The number of imidazole rings is 1. The first-order chi connectivity index (χ1) is 6.45. The summed E-state index contributed by atoms with van der Waals surface area (Å²) < 4.78 is 2.42. The zero-order valence-electron chi connectivity index (χ0n) is 8.61. The Morgan fingerprint density at radius 3 is 2.80 bits per heavy atom. The molecule has 0 spiro atoms. The lowest BCUT2D eigenvalue weighted by atomic mass is 9.85. The van der Waals surface area contributed by atoms with Crippen molar-refractivity contribution in [2.75, 3.05) is 6.54 Å². The Balaban J connectivity index is 0.000000562. The zero-order valence-corrected chi connectivity index (χ0v) is 10.2. The van der Waals surface area contributed by atoms with Gasteiger partial charge in [-0.1, -0.05) is 6.42 Å². The monoisotopic (exact) mass is 249 g/mol. The standard InChI is InChI=1S/C10H15N3.2ClH/c1-2-8(3-1)10-12-7-9-6-11-4-5-13(9)10;;/h7-8,11H,1-6H2;2*1H. The van der Waals surface area contributed by atoms with Crippen LogP contribution in [0.2, 0.25) is 0 Å². The van der Waals surface area contributed by atoms with Crippen LogP contribution in [0.1, 0.15) is 36.7 Å². The van der Waals surface area contributed by atoms with Gasteiger partial charge in [0.15, 0.2) is 0 Å². The molecule has 5 heteroatoms. The van der Waals surface area contributed by atoms with Crippen molar-refractivity contribution in [2.45, 2.75) is 38.3 Å². The molecule has 1 N–H and O–H groups in total. The fourth-order valence-corrected chi connectivity index (χ4v) is 2.23. The van der Waals surface area contributed by atoms with Crippen molar-refractivity contribution < 1.29 is 0 Å². The highest BCUT2D eigenvalue weighted by atomic mass is 35.5. The summed E-state index contributed by atoms with van der Waals surface area (Å²) in [5, 5.41) is 3.37. The van der Waals surface area contributed by atoms with Gasteiger partial charge in [0.25, 0.3) is 0 Å². The normalized spacial score (nSPS) is 19.5. The van der Waals surface area contributed by atoms with E-state index in [9.17, 15) is 0 Å². The van der Waals surface area contributed by atoms with Crippen molar-refractivity contribution in [1.82, 2.24) is 14.9 Å². The molecule has 1 aliphatic heterocycles. The molecule has 3 rings (SSSR count). The molecule has 1 aromatic heterocycles. The molecular formula is C10H17Cl2N3. The third-order valence-corrected chi connectivity index (χ3v) is 3.26. The Hall–Kier alpha value is -0.250. The number of hydrogen-bond acceptors (Lipinski definition) is 2. The van der Waals surface area contributed by atoms with Gasteiger partial charge in [0.1, 0.15) is 5.82 Å². The lowest BCUT2D eigenvalue weighted by molar-refractivity contribution is 0.376. The number of aromatic nitrogens is 2. The zero-order chi connectivity index (χ0) is 8.67. The van der Waals surface area contributed by atoms with Gasteiger partial charge in [-0.2, -0.15) is 0 Å². The molecule has 2 aliphatic rings. The summed E-state index contributed by atoms with van der Waals surface area (Å²) >= 11 is 0. The van der Waals surface area contributed by atoms with Crippen molar-refractivity contribution in [3.05, 3.63) is 17.7 Å². The second-order valence-corrected chi connectivity index (χ2v) is 4.06. The van der Waals surface area contributed by atoms with Gasteiger partial charge in [0, 0.05) is 31.7 Å². The first-order valence-corrected chi connectivity index (χ1v) is 5.20. The van der Waals surface area contributed by atoms with E-state index in [4.69, 9.17) is 0 Å². The maximum atomic E-state index is 4.54. The van der Waals surface area contributed by atoms with Crippen molar-refractivity contribution in [3.8, 4) is 0 Å². The number of fused-ring (bicyclic) bond motifs is 1. The molecule has 0 atom stereocenters. The quantitative estimate of drug-likeness (QED) is 0.827. The van der Waals surface area contributed by atoms with Gasteiger partial charge in [-0.25, -0.2) is 4.98 Å². The molecule has 0 aromatic carbocycles. The van der Waals surface area contributed by atoms with Gasteiger partial charge in [-0.15, -0.1) is 24.8 Å². The summed E-state index contributed by atoms with van der Waals surface area (Å²) in [6, 6.07) is 0. The molecule has 0 amide bonds. The van der Waals surface area contributed by atoms with Gasteiger partial charge < -0.3 is 9.88 Å². The van der Waals surface area contributed by atoms with Crippen LogP contribution < -0.4 is 5.32 Å². The van der Waals surface area contributed by atoms with Crippen LogP contribution in [0.15, 0.2) is 6.20 Å². The molecule has 0 radical (unpaired) electrons. The smallest absolute Gasteiger partial charge is 0.112 e. The number of nitrogens with zero attached hydrogens (tertiary/aromatic N) is 2. The Bertz CT molecular complexity index is 320. The van der Waals surface area contributed by atoms with Gasteiger partial charge in [0.2, 0.25) is 0 Å². The second-order valence-electron chi connectivity index (χ2n) is 4.06. The minimum Gasteiger partial charge on any atom is -0.329 e. The molecule has 2 heterocycles. The minimum atomic E-state index is 0. The van der Waals surface area contributed by atoms with Crippen molar-refractivity contribution in [1.29, 1.82) is 0 Å². The SMILES string of the molecule is Cl.Cl.c1nc(C2CCC2)n2c1CNCC2. The molecule has 3 nitrogen and oxygen atoms in total.